The predicted octanol–water partition coefficient (Wildman–Crippen LogP) is 5.49. The predicted molar refractivity (Wildman–Crippen MR) is 176 cm³/mol. The van der Waals surface area contributed by atoms with E-state index in [1.807, 2.05) is 0 Å². The Morgan fingerprint density at radius 3 is 2.53 bits per heavy atom. The molecule has 49 heavy (non-hydrogen) atoms. The van der Waals surface area contributed by atoms with Crippen molar-refractivity contribution < 1.29 is 32.3 Å². The van der Waals surface area contributed by atoms with E-state index in [1.54, 1.807) is 36.4 Å². The smallest absolute Gasteiger partial charge is 0.322 e. The number of hydrogen-bond acceptors (Lipinski definition) is 5. The van der Waals surface area contributed by atoms with E-state index in [-0.39, 0.29) is 65.9 Å². The molecule has 4 aromatic rings. The number of halogens is 4. The summed E-state index contributed by atoms with van der Waals surface area (Å²) in [6.45, 7) is -0.853. The van der Waals surface area contributed by atoms with Crippen molar-refractivity contribution in [2.24, 2.45) is 11.7 Å². The molecule has 2 aliphatic heterocycles. The van der Waals surface area contributed by atoms with E-state index in [4.69, 9.17) is 17.3 Å². The van der Waals surface area contributed by atoms with E-state index in [0.717, 1.165) is 11.3 Å². The molecule has 254 valence electrons. The van der Waals surface area contributed by atoms with Gasteiger partial charge in [0.15, 0.2) is 11.5 Å². The number of carbonyl (C=O) groups is 4. The van der Waals surface area contributed by atoms with Gasteiger partial charge in [-0.1, -0.05) is 41.9 Å². The molecule has 1 aromatic heterocycles. The maximum Gasteiger partial charge on any atom is 0.322 e. The molecule has 11 nitrogen and oxygen atoms in total. The van der Waals surface area contributed by atoms with Crippen molar-refractivity contribution in [3.63, 3.8) is 0 Å². The highest BCUT2D eigenvalue weighted by Crippen LogP contribution is 2.48. The van der Waals surface area contributed by atoms with Gasteiger partial charge in [0.25, 0.3) is 11.8 Å². The van der Waals surface area contributed by atoms with E-state index in [9.17, 15) is 28.0 Å². The Morgan fingerprint density at radius 1 is 1.00 bits per heavy atom. The highest BCUT2D eigenvalue weighted by atomic mass is 35.5. The number of nitrogens with two attached hydrogens (primary N) is 1. The minimum absolute atomic E-state index is 0.0449. The Kier molecular flexibility index (Phi) is 8.21. The van der Waals surface area contributed by atoms with Gasteiger partial charge < -0.3 is 26.2 Å². The van der Waals surface area contributed by atoms with Crippen LogP contribution < -0.4 is 16.4 Å². The second-order valence-corrected chi connectivity index (χ2v) is 13.1. The highest BCUT2D eigenvalue weighted by molar-refractivity contribution is 6.33. The normalized spacial score (nSPS) is 20.9. The number of carbonyl (C=O) groups excluding carboxylic acids is 4. The molecule has 0 radical (unpaired) electrons. The van der Waals surface area contributed by atoms with Crippen molar-refractivity contribution in [2.75, 3.05) is 23.7 Å². The second kappa shape index (κ2) is 12.4. The quantitative estimate of drug-likeness (QED) is 0.235. The van der Waals surface area contributed by atoms with Crippen LogP contribution in [0.3, 0.4) is 0 Å². The average Bonchev–Trinajstić information content (AvgIpc) is 3.57. The van der Waals surface area contributed by atoms with E-state index < -0.39 is 48.1 Å². The lowest BCUT2D eigenvalue weighted by Gasteiger charge is -2.32. The Labute approximate surface area is 283 Å². The van der Waals surface area contributed by atoms with Crippen LogP contribution in [-0.2, 0) is 16.1 Å². The van der Waals surface area contributed by atoms with Gasteiger partial charge >= 0.3 is 6.03 Å². The minimum Gasteiger partial charge on any atom is -0.364 e. The number of rotatable bonds is 7. The van der Waals surface area contributed by atoms with Crippen molar-refractivity contribution in [3.8, 4) is 11.1 Å². The van der Waals surface area contributed by atoms with Crippen molar-refractivity contribution in [3.05, 3.63) is 77.2 Å². The number of fused-ring (bicyclic) bond motifs is 2. The van der Waals surface area contributed by atoms with Crippen LogP contribution in [0.15, 0.2) is 60.7 Å². The first-order valence-electron chi connectivity index (χ1n) is 15.8. The van der Waals surface area contributed by atoms with Gasteiger partial charge in [-0.2, -0.15) is 5.10 Å². The Hall–Kier alpha value is -5.11. The molecule has 3 aliphatic rings. The molecule has 7 rings (SSSR count). The summed E-state index contributed by atoms with van der Waals surface area (Å²) in [5.41, 5.74) is 6.67. The van der Waals surface area contributed by atoms with Crippen LogP contribution in [0.1, 0.15) is 36.2 Å². The molecule has 1 aliphatic carbocycles. The minimum atomic E-state index is -2.97. The molecule has 3 atom stereocenters. The number of hydrogen-bond donors (Lipinski definition) is 3. The molecule has 15 heteroatoms. The fourth-order valence-electron chi connectivity index (χ4n) is 6.89. The molecule has 3 heterocycles. The maximum absolute atomic E-state index is 15.6. The van der Waals surface area contributed by atoms with Gasteiger partial charge in [0, 0.05) is 46.2 Å². The standard InChI is InChI=1S/C34H31ClF3N7O4/c35-23-7-2-1-5-20(23)21-6-3-8-24(29(21)36)41-32(48)27-14-18-13-26(18)45(27)28(46)16-44-25-10-9-19(15-22(25)30(42-44)31(39)47)40-33(49)43-12-4-11-34(37,38)17-43/h1-3,5-10,15,18,26-27H,4,11-14,16-17H2,(H2,39,47)(H,40,49)(H,41,48)/t18-,26-,27+/m1/s1. The third kappa shape index (κ3) is 6.28. The van der Waals surface area contributed by atoms with Crippen LogP contribution in [0.5, 0.6) is 0 Å². The molecular weight excluding hydrogens is 663 g/mol. The monoisotopic (exact) mass is 693 g/mol. The number of piperidine rings is 2. The SMILES string of the molecule is NC(=O)c1nn(CC(=O)N2[C@@H]3C[C@@H]3C[C@H]2C(=O)Nc2cccc(-c3ccccc3Cl)c2F)c2ccc(NC(=O)N3CCCC(F)(F)C3)cc12. The Bertz CT molecular complexity index is 2020. The first-order valence-corrected chi connectivity index (χ1v) is 16.2. The number of nitrogens with one attached hydrogen (secondary N) is 2. The molecule has 0 unspecified atom stereocenters. The Balaban J connectivity index is 1.09. The van der Waals surface area contributed by atoms with Crippen LogP contribution in [0.4, 0.5) is 29.3 Å². The third-order valence-electron chi connectivity index (χ3n) is 9.32. The number of benzene rings is 3. The molecule has 0 bridgehead atoms. The lowest BCUT2D eigenvalue weighted by atomic mass is 10.0. The fraction of sp³-hybridized carbons (Fsp3) is 0.324. The van der Waals surface area contributed by atoms with Crippen LogP contribution in [0, 0.1) is 11.7 Å². The van der Waals surface area contributed by atoms with Gasteiger partial charge in [0.1, 0.15) is 12.6 Å². The number of aromatic nitrogens is 2. The van der Waals surface area contributed by atoms with Crippen LogP contribution in [0.25, 0.3) is 22.0 Å². The summed E-state index contributed by atoms with van der Waals surface area (Å²) in [6, 6.07) is 14.1. The van der Waals surface area contributed by atoms with E-state index in [2.05, 4.69) is 15.7 Å². The van der Waals surface area contributed by atoms with Gasteiger partial charge in [0.05, 0.1) is 17.7 Å². The zero-order valence-corrected chi connectivity index (χ0v) is 26.7. The number of likely N-dealkylation sites (tertiary alicyclic amines) is 2. The summed E-state index contributed by atoms with van der Waals surface area (Å²) in [5.74, 6) is -5.35. The molecule has 1 saturated carbocycles. The second-order valence-electron chi connectivity index (χ2n) is 12.7. The van der Waals surface area contributed by atoms with Crippen LogP contribution in [-0.4, -0.2) is 74.4 Å². The van der Waals surface area contributed by atoms with Gasteiger partial charge in [-0.15, -0.1) is 0 Å². The summed E-state index contributed by atoms with van der Waals surface area (Å²) in [4.78, 5) is 54.9. The zero-order valence-electron chi connectivity index (χ0n) is 26.0. The van der Waals surface area contributed by atoms with Crippen LogP contribution >= 0.6 is 11.6 Å². The van der Waals surface area contributed by atoms with Gasteiger partial charge in [-0.25, -0.2) is 18.0 Å². The van der Waals surface area contributed by atoms with Crippen molar-refractivity contribution in [2.45, 2.75) is 50.2 Å². The molecule has 2 saturated heterocycles. The van der Waals surface area contributed by atoms with Crippen molar-refractivity contribution in [1.82, 2.24) is 19.6 Å². The molecule has 3 aromatic carbocycles. The highest BCUT2D eigenvalue weighted by Gasteiger charge is 2.56. The van der Waals surface area contributed by atoms with Crippen LogP contribution in [0.2, 0.25) is 5.02 Å². The van der Waals surface area contributed by atoms with Crippen molar-refractivity contribution >= 4 is 57.6 Å². The fourth-order valence-corrected chi connectivity index (χ4v) is 7.13. The summed E-state index contributed by atoms with van der Waals surface area (Å²) in [7, 11) is 0. The van der Waals surface area contributed by atoms with Gasteiger partial charge in [-0.05, 0) is 55.5 Å². The lowest BCUT2D eigenvalue weighted by molar-refractivity contribution is -0.138. The molecule has 0 spiro atoms. The first-order chi connectivity index (χ1) is 23.4. The zero-order chi connectivity index (χ0) is 34.6. The number of nitrogens with zero attached hydrogens (tertiary/aromatic N) is 4. The third-order valence-corrected chi connectivity index (χ3v) is 9.65. The summed E-state index contributed by atoms with van der Waals surface area (Å²) in [5, 5.41) is 10.1. The molecule has 3 fully saturated rings. The Morgan fingerprint density at radius 2 is 1.78 bits per heavy atom. The number of alkyl halides is 2. The summed E-state index contributed by atoms with van der Waals surface area (Å²) < 4.78 is 44.6. The molecule has 4 N–H and O–H groups in total. The van der Waals surface area contributed by atoms with E-state index in [0.29, 0.717) is 22.5 Å². The first kappa shape index (κ1) is 32.4. The number of anilines is 2. The molecule has 5 amide bonds. The van der Waals surface area contributed by atoms with Crippen molar-refractivity contribution in [1.29, 1.82) is 0 Å². The average molecular weight is 694 g/mol. The van der Waals surface area contributed by atoms with E-state index >= 15 is 4.39 Å². The van der Waals surface area contributed by atoms with Gasteiger partial charge in [0.2, 0.25) is 11.8 Å². The number of urea groups is 1. The lowest BCUT2D eigenvalue weighted by Crippen LogP contribution is -2.47. The maximum atomic E-state index is 15.6. The number of amides is 5. The van der Waals surface area contributed by atoms with E-state index in [1.165, 1.54) is 33.8 Å². The van der Waals surface area contributed by atoms with Gasteiger partial charge in [-0.3, -0.25) is 19.1 Å². The topological polar surface area (TPSA) is 143 Å². The number of primary amides is 1. The molecular formula is C34H31ClF3N7O4. The largest absolute Gasteiger partial charge is 0.364 e. The summed E-state index contributed by atoms with van der Waals surface area (Å²) >= 11 is 6.28. The summed E-state index contributed by atoms with van der Waals surface area (Å²) in [6.07, 6.45) is 1.02.